The van der Waals surface area contributed by atoms with Gasteiger partial charge in [-0.05, 0) is 66.6 Å². The summed E-state index contributed by atoms with van der Waals surface area (Å²) < 4.78 is 1.86. The van der Waals surface area contributed by atoms with Crippen molar-refractivity contribution < 1.29 is 0 Å². The van der Waals surface area contributed by atoms with Crippen molar-refractivity contribution in [3.63, 3.8) is 0 Å². The van der Waals surface area contributed by atoms with E-state index in [1.165, 1.54) is 18.4 Å². The molecule has 1 atom stereocenters. The summed E-state index contributed by atoms with van der Waals surface area (Å²) in [6, 6.07) is 6.26. The van der Waals surface area contributed by atoms with Crippen LogP contribution in [0.2, 0.25) is 5.28 Å². The normalized spacial score (nSPS) is 15.3. The smallest absolute Gasteiger partial charge is 0.243 e. The van der Waals surface area contributed by atoms with E-state index in [4.69, 9.17) is 17.3 Å². The van der Waals surface area contributed by atoms with Crippen LogP contribution >= 0.6 is 11.6 Å². The zero-order chi connectivity index (χ0) is 18.1. The van der Waals surface area contributed by atoms with Gasteiger partial charge < -0.3 is 11.1 Å². The second-order valence-electron chi connectivity index (χ2n) is 7.13. The van der Waals surface area contributed by atoms with Gasteiger partial charge in [-0.2, -0.15) is 4.98 Å². The molecule has 6 nitrogen and oxygen atoms in total. The molecule has 3 aromatic heterocycles. The van der Waals surface area contributed by atoms with Crippen molar-refractivity contribution in [1.82, 2.24) is 19.6 Å². The fourth-order valence-electron chi connectivity index (χ4n) is 3.37. The number of nitrogens with zero attached hydrogens (tertiary/aromatic N) is 4. The van der Waals surface area contributed by atoms with Crippen LogP contribution < -0.4 is 11.1 Å². The van der Waals surface area contributed by atoms with Gasteiger partial charge in [0.2, 0.25) is 5.28 Å². The highest BCUT2D eigenvalue weighted by atomic mass is 35.5. The Hall–Kier alpha value is -2.18. The molecule has 0 bridgehead atoms. The van der Waals surface area contributed by atoms with Crippen molar-refractivity contribution in [1.29, 1.82) is 0 Å². The fraction of sp³-hybridized carbons (Fsp3) is 0.421. The number of anilines is 1. The molecule has 0 aliphatic heterocycles. The Morgan fingerprint density at radius 2 is 2.12 bits per heavy atom. The van der Waals surface area contributed by atoms with Crippen LogP contribution in [0.1, 0.15) is 36.1 Å². The third-order valence-corrected chi connectivity index (χ3v) is 5.14. The number of fused-ring (bicyclic) bond motifs is 1. The van der Waals surface area contributed by atoms with Crippen LogP contribution in [0.3, 0.4) is 0 Å². The third kappa shape index (κ3) is 3.81. The second-order valence-corrected chi connectivity index (χ2v) is 7.47. The summed E-state index contributed by atoms with van der Waals surface area (Å²) >= 11 is 6.15. The largest absolute Gasteiger partial charge is 0.364 e. The van der Waals surface area contributed by atoms with Gasteiger partial charge in [0.15, 0.2) is 5.82 Å². The van der Waals surface area contributed by atoms with Crippen molar-refractivity contribution in [3.8, 4) is 0 Å². The molecule has 3 aromatic rings. The number of rotatable bonds is 7. The zero-order valence-corrected chi connectivity index (χ0v) is 15.6. The minimum absolute atomic E-state index is 0.190. The van der Waals surface area contributed by atoms with E-state index in [9.17, 15) is 0 Å². The van der Waals surface area contributed by atoms with Crippen molar-refractivity contribution in [2.24, 2.45) is 11.7 Å². The van der Waals surface area contributed by atoms with Gasteiger partial charge in [-0.15, -0.1) is 5.10 Å². The minimum Gasteiger partial charge on any atom is -0.364 e. The topological polar surface area (TPSA) is 81.1 Å². The molecule has 0 radical (unpaired) electrons. The maximum atomic E-state index is 6.35. The summed E-state index contributed by atoms with van der Waals surface area (Å²) in [7, 11) is 0. The molecule has 136 valence electrons. The van der Waals surface area contributed by atoms with Crippen LogP contribution in [0.15, 0.2) is 30.6 Å². The summed E-state index contributed by atoms with van der Waals surface area (Å²) in [5, 5.41) is 7.96. The number of pyridine rings is 1. The van der Waals surface area contributed by atoms with E-state index in [2.05, 4.69) is 33.4 Å². The molecule has 3 heterocycles. The van der Waals surface area contributed by atoms with Crippen molar-refractivity contribution >= 4 is 22.9 Å². The maximum absolute atomic E-state index is 6.35. The van der Waals surface area contributed by atoms with Gasteiger partial charge in [-0.25, -0.2) is 4.52 Å². The van der Waals surface area contributed by atoms with Gasteiger partial charge >= 0.3 is 0 Å². The van der Waals surface area contributed by atoms with Gasteiger partial charge in [0.25, 0.3) is 0 Å². The standard InChI is InChI=1S/C19H23ClN6/c1-12-15(9-16(21)8-13-2-3-13)10-17-18(24-19(20)25-26(12)17)23-11-14-4-6-22-7-5-14/h4-7,10,13,16H,2-3,8-9,11,21H2,1H3,(H,23,24,25). The summed E-state index contributed by atoms with van der Waals surface area (Å²) in [6.07, 6.45) is 8.17. The van der Waals surface area contributed by atoms with Crippen molar-refractivity contribution in [2.45, 2.75) is 45.2 Å². The molecule has 0 spiro atoms. The molecule has 0 saturated heterocycles. The highest BCUT2D eigenvalue weighted by Gasteiger charge is 2.24. The minimum atomic E-state index is 0.190. The van der Waals surface area contributed by atoms with Gasteiger partial charge in [-0.3, -0.25) is 4.98 Å². The lowest BCUT2D eigenvalue weighted by Gasteiger charge is -2.10. The number of nitrogens with one attached hydrogen (secondary N) is 1. The van der Waals surface area contributed by atoms with Crippen LogP contribution in [0, 0.1) is 12.8 Å². The molecule has 1 fully saturated rings. The van der Waals surface area contributed by atoms with Crippen molar-refractivity contribution in [3.05, 3.63) is 52.7 Å². The van der Waals surface area contributed by atoms with Crippen LogP contribution in [0.25, 0.3) is 5.52 Å². The van der Waals surface area contributed by atoms with E-state index in [1.807, 2.05) is 16.6 Å². The first-order valence-corrected chi connectivity index (χ1v) is 9.41. The van der Waals surface area contributed by atoms with Gasteiger partial charge in [0.1, 0.15) is 5.52 Å². The first-order valence-electron chi connectivity index (χ1n) is 9.03. The summed E-state index contributed by atoms with van der Waals surface area (Å²) in [6.45, 7) is 2.70. The SMILES string of the molecule is Cc1c(CC(N)CC2CC2)cc2c(NCc3ccncc3)nc(Cl)nn12. The molecule has 1 aliphatic carbocycles. The van der Waals surface area contributed by atoms with Crippen LogP contribution in [-0.2, 0) is 13.0 Å². The Morgan fingerprint density at radius 1 is 1.35 bits per heavy atom. The lowest BCUT2D eigenvalue weighted by molar-refractivity contribution is 0.565. The molecule has 0 amide bonds. The molecule has 1 aliphatic rings. The number of aryl methyl sites for hydroxylation is 1. The molecule has 4 rings (SSSR count). The van der Waals surface area contributed by atoms with E-state index in [-0.39, 0.29) is 11.3 Å². The monoisotopic (exact) mass is 370 g/mol. The summed E-state index contributed by atoms with van der Waals surface area (Å²) in [4.78, 5) is 8.43. The molecule has 0 aromatic carbocycles. The van der Waals surface area contributed by atoms with E-state index in [0.717, 1.165) is 41.4 Å². The first kappa shape index (κ1) is 17.2. The highest BCUT2D eigenvalue weighted by molar-refractivity contribution is 6.28. The molecular weight excluding hydrogens is 348 g/mol. The van der Waals surface area contributed by atoms with Gasteiger partial charge in [0.05, 0.1) is 0 Å². The van der Waals surface area contributed by atoms with Crippen molar-refractivity contribution in [2.75, 3.05) is 5.32 Å². The molecule has 26 heavy (non-hydrogen) atoms. The van der Waals surface area contributed by atoms with Gasteiger partial charge in [0, 0.05) is 30.7 Å². The predicted octanol–water partition coefficient (Wildman–Crippen LogP) is 3.37. The van der Waals surface area contributed by atoms with Crippen LogP contribution in [0.4, 0.5) is 5.82 Å². The number of aromatic nitrogens is 4. The summed E-state index contributed by atoms with van der Waals surface area (Å²) in [5.74, 6) is 1.56. The zero-order valence-electron chi connectivity index (χ0n) is 14.8. The van der Waals surface area contributed by atoms with Gasteiger partial charge in [-0.1, -0.05) is 12.8 Å². The Balaban J connectivity index is 1.59. The molecule has 3 N–H and O–H groups in total. The maximum Gasteiger partial charge on any atom is 0.243 e. The molecule has 1 saturated carbocycles. The second kappa shape index (κ2) is 7.21. The van der Waals surface area contributed by atoms with Crippen LogP contribution in [0.5, 0.6) is 0 Å². The Kier molecular flexibility index (Phi) is 4.78. The first-order chi connectivity index (χ1) is 12.6. The number of halogens is 1. The third-order valence-electron chi connectivity index (χ3n) is 4.98. The molecule has 7 heteroatoms. The Bertz CT molecular complexity index is 903. The Labute approximate surface area is 157 Å². The average molecular weight is 371 g/mol. The Morgan fingerprint density at radius 3 is 2.85 bits per heavy atom. The lowest BCUT2D eigenvalue weighted by Crippen LogP contribution is -2.23. The predicted molar refractivity (Wildman–Crippen MR) is 103 cm³/mol. The fourth-order valence-corrected chi connectivity index (χ4v) is 3.53. The number of hydrogen-bond donors (Lipinski definition) is 2. The van der Waals surface area contributed by atoms with E-state index in [0.29, 0.717) is 6.54 Å². The molecular formula is C19H23ClN6. The van der Waals surface area contributed by atoms with E-state index in [1.54, 1.807) is 12.4 Å². The summed E-state index contributed by atoms with van der Waals surface area (Å²) in [5.41, 5.74) is 10.7. The molecule has 1 unspecified atom stereocenters. The number of hydrogen-bond acceptors (Lipinski definition) is 5. The lowest BCUT2D eigenvalue weighted by atomic mass is 10.0. The highest BCUT2D eigenvalue weighted by Crippen LogP contribution is 2.34. The average Bonchev–Trinajstić information content (AvgIpc) is 3.39. The van der Waals surface area contributed by atoms with E-state index >= 15 is 0 Å². The van der Waals surface area contributed by atoms with Crippen LogP contribution in [-0.4, -0.2) is 25.6 Å². The van der Waals surface area contributed by atoms with E-state index < -0.39 is 0 Å². The quantitative estimate of drug-likeness (QED) is 0.666. The number of nitrogens with two attached hydrogens (primary N) is 1.